The first-order chi connectivity index (χ1) is 6.77. The van der Waals surface area contributed by atoms with Gasteiger partial charge in [-0.25, -0.2) is 0 Å². The van der Waals surface area contributed by atoms with Crippen LogP contribution in [0.3, 0.4) is 0 Å². The monoisotopic (exact) mass is 198 g/mol. The molecule has 2 fully saturated rings. The topological polar surface area (TPSA) is 29.5 Å². The lowest BCUT2D eigenvalue weighted by atomic mass is 9.70. The number of ether oxygens (including phenoxy) is 1. The average molecular weight is 198 g/mol. The summed E-state index contributed by atoms with van der Waals surface area (Å²) in [6.07, 6.45) is 7.89. The third-order valence-electron chi connectivity index (χ3n) is 4.06. The summed E-state index contributed by atoms with van der Waals surface area (Å²) in [5.41, 5.74) is 0.0463. The number of aliphatic hydroxyl groups is 1. The van der Waals surface area contributed by atoms with Gasteiger partial charge in [-0.1, -0.05) is 26.2 Å². The maximum absolute atomic E-state index is 9.76. The van der Waals surface area contributed by atoms with Crippen molar-refractivity contribution in [1.29, 1.82) is 0 Å². The molecule has 2 rings (SSSR count). The van der Waals surface area contributed by atoms with Crippen molar-refractivity contribution in [2.45, 2.75) is 63.6 Å². The van der Waals surface area contributed by atoms with E-state index in [1.165, 1.54) is 32.1 Å². The number of aliphatic hydroxyl groups excluding tert-OH is 1. The number of rotatable bonds is 1. The smallest absolute Gasteiger partial charge is 0.0735 e. The van der Waals surface area contributed by atoms with Crippen molar-refractivity contribution < 1.29 is 9.84 Å². The third kappa shape index (κ3) is 1.82. The molecule has 1 aliphatic heterocycles. The quantitative estimate of drug-likeness (QED) is 0.701. The Labute approximate surface area is 86.6 Å². The zero-order valence-corrected chi connectivity index (χ0v) is 9.17. The van der Waals surface area contributed by atoms with Crippen LogP contribution in [0.15, 0.2) is 0 Å². The summed E-state index contributed by atoms with van der Waals surface area (Å²) in [7, 11) is 0. The van der Waals surface area contributed by atoms with Crippen LogP contribution >= 0.6 is 0 Å². The van der Waals surface area contributed by atoms with Gasteiger partial charge in [-0.3, -0.25) is 0 Å². The van der Waals surface area contributed by atoms with Gasteiger partial charge in [0.2, 0.25) is 0 Å². The number of hydrogen-bond donors (Lipinski definition) is 1. The highest BCUT2D eigenvalue weighted by atomic mass is 16.5. The first-order valence-electron chi connectivity index (χ1n) is 6.09. The molecule has 3 atom stereocenters. The normalized spacial score (nSPS) is 44.1. The van der Waals surface area contributed by atoms with Gasteiger partial charge >= 0.3 is 0 Å². The van der Waals surface area contributed by atoms with Crippen LogP contribution in [0.25, 0.3) is 0 Å². The molecule has 1 saturated heterocycles. The van der Waals surface area contributed by atoms with Gasteiger partial charge in [-0.15, -0.1) is 0 Å². The largest absolute Gasteiger partial charge is 0.393 e. The molecule has 0 aromatic heterocycles. The Morgan fingerprint density at radius 2 is 2.21 bits per heavy atom. The summed E-state index contributed by atoms with van der Waals surface area (Å²) in [5, 5.41) is 9.76. The Balaban J connectivity index is 2.09. The Kier molecular flexibility index (Phi) is 3.13. The number of hydrogen-bond acceptors (Lipinski definition) is 2. The van der Waals surface area contributed by atoms with E-state index in [1.54, 1.807) is 0 Å². The van der Waals surface area contributed by atoms with E-state index in [0.717, 1.165) is 19.4 Å². The SMILES string of the molecule is CCC1CCCCC12CC(O)CCO2. The second kappa shape index (κ2) is 4.19. The van der Waals surface area contributed by atoms with Gasteiger partial charge in [-0.05, 0) is 25.2 Å². The molecule has 0 aromatic rings. The molecule has 2 heteroatoms. The Bertz CT molecular complexity index is 189. The molecule has 0 radical (unpaired) electrons. The standard InChI is InChI=1S/C12H22O2/c1-2-10-5-3-4-7-12(10)9-11(13)6-8-14-12/h10-11,13H,2-9H2,1H3. The Morgan fingerprint density at radius 1 is 1.36 bits per heavy atom. The van der Waals surface area contributed by atoms with Gasteiger partial charge < -0.3 is 9.84 Å². The van der Waals surface area contributed by atoms with Crippen LogP contribution in [0.4, 0.5) is 0 Å². The zero-order valence-electron chi connectivity index (χ0n) is 9.17. The summed E-state index contributed by atoms with van der Waals surface area (Å²) >= 11 is 0. The molecule has 2 aliphatic rings. The fourth-order valence-corrected chi connectivity index (χ4v) is 3.28. The molecular weight excluding hydrogens is 176 g/mol. The van der Waals surface area contributed by atoms with E-state index in [9.17, 15) is 5.11 Å². The summed E-state index contributed by atoms with van der Waals surface area (Å²) in [5.74, 6) is 0.686. The van der Waals surface area contributed by atoms with Crippen molar-refractivity contribution >= 4 is 0 Å². The molecule has 3 unspecified atom stereocenters. The summed E-state index contributed by atoms with van der Waals surface area (Å²) in [6.45, 7) is 3.01. The zero-order chi connectivity index (χ0) is 10.0. The van der Waals surface area contributed by atoms with Gasteiger partial charge in [0.1, 0.15) is 0 Å². The van der Waals surface area contributed by atoms with E-state index in [1.807, 2.05) is 0 Å². The van der Waals surface area contributed by atoms with Crippen molar-refractivity contribution in [3.63, 3.8) is 0 Å². The van der Waals surface area contributed by atoms with Crippen molar-refractivity contribution in [1.82, 2.24) is 0 Å². The maximum atomic E-state index is 9.76. The fourth-order valence-electron chi connectivity index (χ4n) is 3.28. The Hall–Kier alpha value is -0.0800. The molecule has 0 bridgehead atoms. The van der Waals surface area contributed by atoms with E-state index in [-0.39, 0.29) is 11.7 Å². The van der Waals surface area contributed by atoms with Crippen molar-refractivity contribution in [3.05, 3.63) is 0 Å². The first-order valence-corrected chi connectivity index (χ1v) is 6.09. The minimum absolute atomic E-state index is 0.0463. The Morgan fingerprint density at radius 3 is 2.93 bits per heavy atom. The van der Waals surface area contributed by atoms with Gasteiger partial charge in [0.05, 0.1) is 11.7 Å². The van der Waals surface area contributed by atoms with Crippen molar-refractivity contribution in [2.24, 2.45) is 5.92 Å². The van der Waals surface area contributed by atoms with E-state index in [0.29, 0.717) is 5.92 Å². The molecular formula is C12H22O2. The lowest BCUT2D eigenvalue weighted by molar-refractivity contribution is -0.164. The summed E-state index contributed by atoms with van der Waals surface area (Å²) < 4.78 is 6.02. The molecule has 0 amide bonds. The van der Waals surface area contributed by atoms with Crippen LogP contribution < -0.4 is 0 Å². The highest BCUT2D eigenvalue weighted by Crippen LogP contribution is 2.44. The minimum atomic E-state index is -0.115. The van der Waals surface area contributed by atoms with Crippen LogP contribution in [-0.2, 0) is 4.74 Å². The minimum Gasteiger partial charge on any atom is -0.393 e. The molecule has 1 saturated carbocycles. The van der Waals surface area contributed by atoms with E-state index in [2.05, 4.69) is 6.92 Å². The third-order valence-corrected chi connectivity index (χ3v) is 4.06. The maximum Gasteiger partial charge on any atom is 0.0735 e. The molecule has 1 heterocycles. The van der Waals surface area contributed by atoms with Gasteiger partial charge in [-0.2, -0.15) is 0 Å². The van der Waals surface area contributed by atoms with Crippen LogP contribution in [0.5, 0.6) is 0 Å². The van der Waals surface area contributed by atoms with Crippen molar-refractivity contribution in [2.75, 3.05) is 6.61 Å². The highest BCUT2D eigenvalue weighted by Gasteiger charge is 2.44. The predicted octanol–water partition coefficient (Wildman–Crippen LogP) is 2.50. The van der Waals surface area contributed by atoms with Gasteiger partial charge in [0, 0.05) is 13.0 Å². The van der Waals surface area contributed by atoms with Crippen LogP contribution in [-0.4, -0.2) is 23.4 Å². The molecule has 82 valence electrons. The molecule has 1 N–H and O–H groups in total. The summed E-state index contributed by atoms with van der Waals surface area (Å²) in [4.78, 5) is 0. The van der Waals surface area contributed by atoms with Gasteiger partial charge in [0.15, 0.2) is 0 Å². The van der Waals surface area contributed by atoms with Gasteiger partial charge in [0.25, 0.3) is 0 Å². The van der Waals surface area contributed by atoms with Crippen LogP contribution in [0.1, 0.15) is 51.9 Å². The van der Waals surface area contributed by atoms with E-state index in [4.69, 9.17) is 4.74 Å². The molecule has 1 spiro atoms. The van der Waals surface area contributed by atoms with Crippen molar-refractivity contribution in [3.8, 4) is 0 Å². The second-order valence-electron chi connectivity index (χ2n) is 4.91. The fraction of sp³-hybridized carbons (Fsp3) is 1.00. The molecule has 0 aromatic carbocycles. The van der Waals surface area contributed by atoms with E-state index < -0.39 is 0 Å². The lowest BCUT2D eigenvalue weighted by Crippen LogP contribution is -2.49. The summed E-state index contributed by atoms with van der Waals surface area (Å²) in [6, 6.07) is 0. The predicted molar refractivity (Wildman–Crippen MR) is 56.2 cm³/mol. The molecule has 14 heavy (non-hydrogen) atoms. The average Bonchev–Trinajstić information content (AvgIpc) is 2.18. The molecule has 1 aliphatic carbocycles. The van der Waals surface area contributed by atoms with Crippen LogP contribution in [0, 0.1) is 5.92 Å². The van der Waals surface area contributed by atoms with E-state index >= 15 is 0 Å². The van der Waals surface area contributed by atoms with Crippen LogP contribution in [0.2, 0.25) is 0 Å². The lowest BCUT2D eigenvalue weighted by Gasteiger charge is -2.47. The second-order valence-corrected chi connectivity index (χ2v) is 4.91. The molecule has 2 nitrogen and oxygen atoms in total. The first kappa shape index (κ1) is 10.4. The highest BCUT2D eigenvalue weighted by molar-refractivity contribution is 4.95.